The van der Waals surface area contributed by atoms with Gasteiger partial charge in [-0.25, -0.2) is 0 Å². The van der Waals surface area contributed by atoms with E-state index in [0.717, 1.165) is 37.3 Å². The van der Waals surface area contributed by atoms with E-state index in [0.29, 0.717) is 25.2 Å². The highest BCUT2D eigenvalue weighted by Crippen LogP contribution is 2.32. The molecule has 1 amide bonds. The topological polar surface area (TPSA) is 74.7 Å². The molecule has 1 aliphatic carbocycles. The summed E-state index contributed by atoms with van der Waals surface area (Å²) in [7, 11) is 0. The number of carbonyl (C=O) groups is 1. The number of pyridine rings is 1. The van der Waals surface area contributed by atoms with Gasteiger partial charge in [-0.3, -0.25) is 9.78 Å². The van der Waals surface area contributed by atoms with Crippen LogP contribution in [0.1, 0.15) is 28.9 Å². The van der Waals surface area contributed by atoms with Crippen molar-refractivity contribution in [2.45, 2.75) is 31.4 Å². The molecule has 1 aliphatic heterocycles. The molecule has 1 saturated carbocycles. The smallest absolute Gasteiger partial charge is 0.253 e. The molecule has 0 unspecified atom stereocenters. The fraction of sp³-hybridized carbons (Fsp3) is 0.455. The Labute approximate surface area is 165 Å². The number of benzene rings is 1. The number of nitrogens with one attached hydrogen (secondary N) is 1. The summed E-state index contributed by atoms with van der Waals surface area (Å²) in [4.78, 5) is 19.8. The number of hydrogen-bond acceptors (Lipinski definition) is 5. The molecule has 2 aromatic rings. The van der Waals surface area contributed by atoms with Gasteiger partial charge in [0.15, 0.2) is 0 Å². The molecule has 4 rings (SSSR count). The Balaban J connectivity index is 1.51. The van der Waals surface area contributed by atoms with Crippen molar-refractivity contribution in [1.82, 2.24) is 10.3 Å². The molecule has 1 aromatic carbocycles. The zero-order valence-electron chi connectivity index (χ0n) is 16.0. The van der Waals surface area contributed by atoms with Crippen LogP contribution < -0.4 is 10.2 Å². The van der Waals surface area contributed by atoms with Crippen LogP contribution in [0, 0.1) is 5.92 Å². The van der Waals surface area contributed by atoms with E-state index >= 15 is 0 Å². The van der Waals surface area contributed by atoms with E-state index in [-0.39, 0.29) is 24.0 Å². The Morgan fingerprint density at radius 2 is 1.93 bits per heavy atom. The van der Waals surface area contributed by atoms with E-state index in [1.165, 1.54) is 0 Å². The lowest BCUT2D eigenvalue weighted by Gasteiger charge is -2.38. The van der Waals surface area contributed by atoms with Crippen LogP contribution in [0.15, 0.2) is 48.7 Å². The molecule has 1 atom stereocenters. The molecule has 148 valence electrons. The number of ether oxygens (including phenoxy) is 1. The van der Waals surface area contributed by atoms with Gasteiger partial charge in [0.2, 0.25) is 0 Å². The van der Waals surface area contributed by atoms with Crippen LogP contribution in [0.2, 0.25) is 0 Å². The summed E-state index contributed by atoms with van der Waals surface area (Å²) in [5.41, 5.74) is 2.60. The Hall–Kier alpha value is -2.44. The SMILES string of the molecule is O=C(N[C@H](Cc1ccccn1)C1CC(O)C1)c1ccccc1N1CCOCC1. The third kappa shape index (κ3) is 4.34. The number of morpholine rings is 1. The van der Waals surface area contributed by atoms with E-state index in [1.807, 2.05) is 42.5 Å². The third-order valence-electron chi connectivity index (χ3n) is 5.69. The number of hydrogen-bond donors (Lipinski definition) is 2. The Kier molecular flexibility index (Phi) is 5.88. The predicted octanol–water partition coefficient (Wildman–Crippen LogP) is 2.03. The molecule has 2 aliphatic rings. The van der Waals surface area contributed by atoms with Gasteiger partial charge in [-0.2, -0.15) is 0 Å². The van der Waals surface area contributed by atoms with E-state index in [4.69, 9.17) is 4.74 Å². The third-order valence-corrected chi connectivity index (χ3v) is 5.69. The number of rotatable bonds is 6. The van der Waals surface area contributed by atoms with Gasteiger partial charge < -0.3 is 20.1 Å². The molecular formula is C22H27N3O3. The number of carbonyl (C=O) groups excluding carboxylic acids is 1. The summed E-state index contributed by atoms with van der Waals surface area (Å²) >= 11 is 0. The highest BCUT2D eigenvalue weighted by molar-refractivity contribution is 6.00. The number of aromatic nitrogens is 1. The van der Waals surface area contributed by atoms with Crippen LogP contribution in [0.25, 0.3) is 0 Å². The van der Waals surface area contributed by atoms with Crippen molar-refractivity contribution in [2.75, 3.05) is 31.2 Å². The molecular weight excluding hydrogens is 354 g/mol. The summed E-state index contributed by atoms with van der Waals surface area (Å²) in [6.07, 6.45) is 3.64. The molecule has 0 spiro atoms. The molecule has 1 aromatic heterocycles. The van der Waals surface area contributed by atoms with Crippen LogP contribution in [-0.4, -0.2) is 54.4 Å². The second-order valence-corrected chi connectivity index (χ2v) is 7.61. The number of nitrogens with zero attached hydrogens (tertiary/aromatic N) is 2. The van der Waals surface area contributed by atoms with Crippen molar-refractivity contribution in [2.24, 2.45) is 5.92 Å². The molecule has 1 saturated heterocycles. The average molecular weight is 381 g/mol. The monoisotopic (exact) mass is 381 g/mol. The zero-order chi connectivity index (χ0) is 19.3. The summed E-state index contributed by atoms with van der Waals surface area (Å²) in [5.74, 6) is 0.209. The molecule has 6 nitrogen and oxygen atoms in total. The molecule has 28 heavy (non-hydrogen) atoms. The molecule has 0 bridgehead atoms. The van der Waals surface area contributed by atoms with Crippen molar-refractivity contribution in [3.63, 3.8) is 0 Å². The number of aliphatic hydroxyl groups is 1. The Bertz CT molecular complexity index is 787. The number of amides is 1. The lowest BCUT2D eigenvalue weighted by molar-refractivity contribution is 0.0238. The number of anilines is 1. The number of aliphatic hydroxyl groups excluding tert-OH is 1. The van der Waals surface area contributed by atoms with Crippen molar-refractivity contribution < 1.29 is 14.6 Å². The maximum Gasteiger partial charge on any atom is 0.253 e. The maximum atomic E-state index is 13.2. The fourth-order valence-electron chi connectivity index (χ4n) is 4.03. The summed E-state index contributed by atoms with van der Waals surface area (Å²) < 4.78 is 5.44. The van der Waals surface area contributed by atoms with Crippen molar-refractivity contribution in [3.8, 4) is 0 Å². The molecule has 2 N–H and O–H groups in total. The first-order chi connectivity index (χ1) is 13.7. The van der Waals surface area contributed by atoms with Gasteiger partial charge in [-0.15, -0.1) is 0 Å². The first-order valence-corrected chi connectivity index (χ1v) is 10.0. The highest BCUT2D eigenvalue weighted by atomic mass is 16.5. The van der Waals surface area contributed by atoms with Gasteiger partial charge in [0.05, 0.1) is 24.9 Å². The van der Waals surface area contributed by atoms with E-state index < -0.39 is 0 Å². The maximum absolute atomic E-state index is 13.2. The van der Waals surface area contributed by atoms with Gasteiger partial charge >= 0.3 is 0 Å². The van der Waals surface area contributed by atoms with Crippen LogP contribution in [0.4, 0.5) is 5.69 Å². The molecule has 2 heterocycles. The lowest BCUT2D eigenvalue weighted by Crippen LogP contribution is -2.48. The van der Waals surface area contributed by atoms with Crippen LogP contribution >= 0.6 is 0 Å². The van der Waals surface area contributed by atoms with E-state index in [9.17, 15) is 9.90 Å². The minimum atomic E-state index is -0.256. The highest BCUT2D eigenvalue weighted by Gasteiger charge is 2.35. The van der Waals surface area contributed by atoms with Crippen LogP contribution in [0.5, 0.6) is 0 Å². The zero-order valence-corrected chi connectivity index (χ0v) is 16.0. The minimum Gasteiger partial charge on any atom is -0.393 e. The Morgan fingerprint density at radius 1 is 1.18 bits per heavy atom. The Morgan fingerprint density at radius 3 is 2.64 bits per heavy atom. The van der Waals surface area contributed by atoms with Gasteiger partial charge in [-0.1, -0.05) is 18.2 Å². The normalized spacial score (nSPS) is 23.0. The first kappa shape index (κ1) is 18.9. The summed E-state index contributed by atoms with van der Waals surface area (Å²) in [5, 5.41) is 13.0. The quantitative estimate of drug-likeness (QED) is 0.801. The average Bonchev–Trinajstić information content (AvgIpc) is 2.72. The predicted molar refractivity (Wildman–Crippen MR) is 107 cm³/mol. The van der Waals surface area contributed by atoms with Crippen molar-refractivity contribution >= 4 is 11.6 Å². The second-order valence-electron chi connectivity index (χ2n) is 7.61. The molecule has 0 radical (unpaired) electrons. The van der Waals surface area contributed by atoms with Crippen LogP contribution in [0.3, 0.4) is 0 Å². The lowest BCUT2D eigenvalue weighted by atomic mass is 9.75. The van der Waals surface area contributed by atoms with Crippen molar-refractivity contribution in [3.05, 3.63) is 59.9 Å². The first-order valence-electron chi connectivity index (χ1n) is 10.0. The van der Waals surface area contributed by atoms with E-state index in [2.05, 4.69) is 15.2 Å². The van der Waals surface area contributed by atoms with E-state index in [1.54, 1.807) is 6.20 Å². The van der Waals surface area contributed by atoms with Crippen molar-refractivity contribution in [1.29, 1.82) is 0 Å². The summed E-state index contributed by atoms with van der Waals surface area (Å²) in [6, 6.07) is 13.6. The number of para-hydroxylation sites is 1. The van der Waals surface area contributed by atoms with Gasteiger partial charge in [0.25, 0.3) is 5.91 Å². The molecule has 6 heteroatoms. The van der Waals surface area contributed by atoms with Gasteiger partial charge in [0, 0.05) is 43.1 Å². The minimum absolute atomic E-state index is 0.0384. The largest absolute Gasteiger partial charge is 0.393 e. The molecule has 2 fully saturated rings. The van der Waals surface area contributed by atoms with Crippen LogP contribution in [-0.2, 0) is 11.2 Å². The second kappa shape index (κ2) is 8.71. The fourth-order valence-corrected chi connectivity index (χ4v) is 4.03. The summed E-state index contributed by atoms with van der Waals surface area (Å²) in [6.45, 7) is 2.93. The standard InChI is InChI=1S/C22H27N3O3/c26-18-13-16(14-18)20(15-17-5-3-4-8-23-17)24-22(27)19-6-1-2-7-21(19)25-9-11-28-12-10-25/h1-8,16,18,20,26H,9-15H2,(H,24,27)/t16?,18?,20-/m1/s1. The van der Waals surface area contributed by atoms with Gasteiger partial charge in [0.1, 0.15) is 0 Å². The van der Waals surface area contributed by atoms with Gasteiger partial charge in [-0.05, 0) is 43.0 Å².